The summed E-state index contributed by atoms with van der Waals surface area (Å²) in [5.41, 5.74) is 2.08. The number of nitrogens with zero attached hydrogens (tertiary/aromatic N) is 2. The van der Waals surface area contributed by atoms with Crippen LogP contribution in [0.3, 0.4) is 0 Å². The second-order valence-corrected chi connectivity index (χ2v) is 9.91. The fourth-order valence-corrected chi connectivity index (χ4v) is 5.91. The van der Waals surface area contributed by atoms with Gasteiger partial charge in [-0.1, -0.05) is 30.3 Å². The third kappa shape index (κ3) is 4.46. The van der Waals surface area contributed by atoms with Crippen molar-refractivity contribution in [2.75, 3.05) is 18.6 Å². The molecule has 1 unspecified atom stereocenters. The van der Waals surface area contributed by atoms with Gasteiger partial charge in [0.15, 0.2) is 9.84 Å². The molecule has 1 aromatic heterocycles. The van der Waals surface area contributed by atoms with Gasteiger partial charge in [0.25, 0.3) is 0 Å². The van der Waals surface area contributed by atoms with Crippen LogP contribution in [0.1, 0.15) is 27.6 Å². The molecule has 0 saturated carbocycles. The molecular weight excluding hydrogens is 356 g/mol. The molecule has 1 aliphatic heterocycles. The Morgan fingerprint density at radius 2 is 2.04 bits per heavy atom. The van der Waals surface area contributed by atoms with Gasteiger partial charge in [-0.2, -0.15) is 0 Å². The van der Waals surface area contributed by atoms with Crippen LogP contribution in [0.5, 0.6) is 0 Å². The SMILES string of the molecule is Cc1nc(Cc2ccccc2)sc1CC(=O)N(C)C1CCS(=O)(=O)C1. The Morgan fingerprint density at radius 3 is 2.68 bits per heavy atom. The molecule has 0 bridgehead atoms. The smallest absolute Gasteiger partial charge is 0.227 e. The number of hydrogen-bond donors (Lipinski definition) is 0. The van der Waals surface area contributed by atoms with Crippen molar-refractivity contribution in [2.45, 2.75) is 32.2 Å². The Morgan fingerprint density at radius 1 is 1.32 bits per heavy atom. The maximum Gasteiger partial charge on any atom is 0.227 e. The van der Waals surface area contributed by atoms with Crippen LogP contribution in [-0.4, -0.2) is 48.8 Å². The van der Waals surface area contributed by atoms with Crippen LogP contribution >= 0.6 is 11.3 Å². The van der Waals surface area contributed by atoms with E-state index in [1.807, 2.05) is 25.1 Å². The van der Waals surface area contributed by atoms with Gasteiger partial charge in [-0.25, -0.2) is 13.4 Å². The van der Waals surface area contributed by atoms with E-state index in [9.17, 15) is 13.2 Å². The van der Waals surface area contributed by atoms with Crippen LogP contribution in [0.2, 0.25) is 0 Å². The molecule has 1 atom stereocenters. The largest absolute Gasteiger partial charge is 0.341 e. The standard InChI is InChI=1S/C18H22N2O3S2/c1-13-16(24-17(19-13)10-14-6-4-3-5-7-14)11-18(21)20(2)15-8-9-25(22,23)12-15/h3-7,15H,8-12H2,1-2H3. The van der Waals surface area contributed by atoms with Crippen LogP contribution < -0.4 is 0 Å². The molecule has 1 saturated heterocycles. The zero-order valence-corrected chi connectivity index (χ0v) is 16.1. The molecule has 0 aliphatic carbocycles. The maximum atomic E-state index is 12.5. The Hall–Kier alpha value is -1.73. The Labute approximate surface area is 152 Å². The van der Waals surface area contributed by atoms with Crippen molar-refractivity contribution in [3.63, 3.8) is 0 Å². The summed E-state index contributed by atoms with van der Waals surface area (Å²) in [5, 5.41) is 0.998. The number of amides is 1. The first kappa shape index (κ1) is 18.1. The van der Waals surface area contributed by atoms with Crippen molar-refractivity contribution < 1.29 is 13.2 Å². The first-order valence-corrected chi connectivity index (χ1v) is 10.9. The molecule has 3 rings (SSSR count). The predicted octanol–water partition coefficient (Wildman–Crippen LogP) is 2.23. The van der Waals surface area contributed by atoms with Crippen molar-refractivity contribution in [2.24, 2.45) is 0 Å². The van der Waals surface area contributed by atoms with E-state index in [0.29, 0.717) is 6.42 Å². The average molecular weight is 379 g/mol. The number of aromatic nitrogens is 1. The van der Waals surface area contributed by atoms with Gasteiger partial charge in [-0.05, 0) is 18.9 Å². The first-order chi connectivity index (χ1) is 11.8. The fraction of sp³-hybridized carbons (Fsp3) is 0.444. The number of aryl methyl sites for hydroxylation is 1. The zero-order valence-electron chi connectivity index (χ0n) is 14.4. The monoisotopic (exact) mass is 378 g/mol. The predicted molar refractivity (Wildman–Crippen MR) is 99.6 cm³/mol. The van der Waals surface area contributed by atoms with Crippen LogP contribution in [0, 0.1) is 6.92 Å². The van der Waals surface area contributed by atoms with Gasteiger partial charge in [0.05, 0.1) is 28.6 Å². The second-order valence-electron chi connectivity index (χ2n) is 6.52. The van der Waals surface area contributed by atoms with E-state index >= 15 is 0 Å². The average Bonchev–Trinajstić information content (AvgIpc) is 3.10. The van der Waals surface area contributed by atoms with Crippen LogP contribution in [0.15, 0.2) is 30.3 Å². The normalized spacial score (nSPS) is 19.0. The number of benzene rings is 1. The summed E-state index contributed by atoms with van der Waals surface area (Å²) in [7, 11) is -1.29. The Balaban J connectivity index is 1.65. The first-order valence-electron chi connectivity index (χ1n) is 8.29. The highest BCUT2D eigenvalue weighted by Crippen LogP contribution is 2.23. The minimum absolute atomic E-state index is 0.0416. The van der Waals surface area contributed by atoms with Crippen molar-refractivity contribution in [1.82, 2.24) is 9.88 Å². The molecule has 0 radical (unpaired) electrons. The van der Waals surface area contributed by atoms with E-state index in [-0.39, 0.29) is 29.9 Å². The van der Waals surface area contributed by atoms with Gasteiger partial charge in [0, 0.05) is 24.4 Å². The molecule has 7 heteroatoms. The summed E-state index contributed by atoms with van der Waals surface area (Å²) in [4.78, 5) is 19.7. The lowest BCUT2D eigenvalue weighted by atomic mass is 10.2. The summed E-state index contributed by atoms with van der Waals surface area (Å²) >= 11 is 1.57. The van der Waals surface area contributed by atoms with Crippen LogP contribution in [-0.2, 0) is 27.5 Å². The topological polar surface area (TPSA) is 67.3 Å². The molecular formula is C18H22N2O3S2. The molecule has 1 aliphatic rings. The molecule has 2 heterocycles. The molecule has 0 spiro atoms. The van der Waals surface area contributed by atoms with E-state index in [1.54, 1.807) is 23.3 Å². The number of rotatable bonds is 5. The van der Waals surface area contributed by atoms with Gasteiger partial charge in [-0.3, -0.25) is 4.79 Å². The highest BCUT2D eigenvalue weighted by molar-refractivity contribution is 7.91. The molecule has 2 aromatic rings. The number of likely N-dealkylation sites (N-methyl/N-ethyl adjacent to an activating group) is 1. The molecule has 1 aromatic carbocycles. The van der Waals surface area contributed by atoms with Crippen molar-refractivity contribution in [3.8, 4) is 0 Å². The second kappa shape index (κ2) is 7.25. The molecule has 134 valence electrons. The lowest BCUT2D eigenvalue weighted by Gasteiger charge is -2.23. The highest BCUT2D eigenvalue weighted by Gasteiger charge is 2.32. The summed E-state index contributed by atoms with van der Waals surface area (Å²) in [5.74, 6) is 0.215. The number of thiazole rings is 1. The number of sulfone groups is 1. The van der Waals surface area contributed by atoms with Gasteiger partial charge in [0.2, 0.25) is 5.91 Å². The Bertz CT molecular complexity index is 860. The molecule has 1 fully saturated rings. The maximum absolute atomic E-state index is 12.5. The summed E-state index contributed by atoms with van der Waals surface area (Å²) in [6.07, 6.45) is 1.58. The van der Waals surface area contributed by atoms with E-state index in [0.717, 1.165) is 22.0 Å². The van der Waals surface area contributed by atoms with Crippen molar-refractivity contribution >= 4 is 27.1 Å². The number of carbonyl (C=O) groups is 1. The van der Waals surface area contributed by atoms with Gasteiger partial charge in [0.1, 0.15) is 0 Å². The van der Waals surface area contributed by atoms with E-state index in [4.69, 9.17) is 0 Å². The van der Waals surface area contributed by atoms with E-state index in [1.165, 1.54) is 5.56 Å². The van der Waals surface area contributed by atoms with Crippen LogP contribution in [0.25, 0.3) is 0 Å². The fourth-order valence-electron chi connectivity index (χ4n) is 3.04. The molecule has 5 nitrogen and oxygen atoms in total. The molecule has 1 amide bonds. The zero-order chi connectivity index (χ0) is 18.0. The summed E-state index contributed by atoms with van der Waals surface area (Å²) in [6, 6.07) is 9.93. The van der Waals surface area contributed by atoms with E-state index in [2.05, 4.69) is 17.1 Å². The van der Waals surface area contributed by atoms with Gasteiger partial charge in [-0.15, -0.1) is 11.3 Å². The van der Waals surface area contributed by atoms with E-state index < -0.39 is 9.84 Å². The molecule has 0 N–H and O–H groups in total. The summed E-state index contributed by atoms with van der Waals surface area (Å²) < 4.78 is 23.2. The van der Waals surface area contributed by atoms with Crippen molar-refractivity contribution in [1.29, 1.82) is 0 Å². The lowest BCUT2D eigenvalue weighted by Crippen LogP contribution is -2.38. The van der Waals surface area contributed by atoms with Gasteiger partial charge >= 0.3 is 0 Å². The van der Waals surface area contributed by atoms with Crippen molar-refractivity contribution in [3.05, 3.63) is 51.5 Å². The minimum Gasteiger partial charge on any atom is -0.341 e. The quantitative estimate of drug-likeness (QED) is 0.800. The molecule has 25 heavy (non-hydrogen) atoms. The lowest BCUT2D eigenvalue weighted by molar-refractivity contribution is -0.130. The third-order valence-corrected chi connectivity index (χ3v) is 7.50. The minimum atomic E-state index is -2.99. The third-order valence-electron chi connectivity index (χ3n) is 4.60. The van der Waals surface area contributed by atoms with Gasteiger partial charge < -0.3 is 4.90 Å². The number of hydrogen-bond acceptors (Lipinski definition) is 5. The Kier molecular flexibility index (Phi) is 5.24. The van der Waals surface area contributed by atoms with Crippen LogP contribution in [0.4, 0.5) is 0 Å². The highest BCUT2D eigenvalue weighted by atomic mass is 32.2. The number of carbonyl (C=O) groups excluding carboxylic acids is 1. The summed E-state index contributed by atoms with van der Waals surface area (Å²) in [6.45, 7) is 1.92.